The van der Waals surface area contributed by atoms with Crippen LogP contribution in [0.1, 0.15) is 125 Å². The van der Waals surface area contributed by atoms with Gasteiger partial charge in [0.25, 0.3) is 0 Å². The molecular weight excluding hydrogens is 456 g/mol. The van der Waals surface area contributed by atoms with Gasteiger partial charge in [-0.05, 0) is 141 Å². The van der Waals surface area contributed by atoms with E-state index in [1.807, 2.05) is 17.7 Å². The molecule has 0 aromatic carbocycles. The lowest BCUT2D eigenvalue weighted by Gasteiger charge is -2.63. The van der Waals surface area contributed by atoms with Gasteiger partial charge in [-0.1, -0.05) is 83.6 Å². The van der Waals surface area contributed by atoms with Crippen molar-refractivity contribution in [2.45, 2.75) is 125 Å². The van der Waals surface area contributed by atoms with Gasteiger partial charge in [-0.3, -0.25) is 0 Å². The van der Waals surface area contributed by atoms with Crippen molar-refractivity contribution in [1.29, 1.82) is 0 Å². The summed E-state index contributed by atoms with van der Waals surface area (Å²) in [6, 6.07) is 0. The maximum absolute atomic E-state index is 3.76. The first-order chi connectivity index (χ1) is 18.1. The number of rotatable bonds is 7. The smallest absolute Gasteiger partial charge is 0.00850 e. The topological polar surface area (TPSA) is 0 Å². The van der Waals surface area contributed by atoms with Crippen LogP contribution in [0.4, 0.5) is 0 Å². The molecule has 0 aromatic rings. The van der Waals surface area contributed by atoms with E-state index in [0.717, 1.165) is 36.0 Å². The van der Waals surface area contributed by atoms with E-state index in [9.17, 15) is 0 Å². The molecule has 5 aliphatic carbocycles. The second-order valence-corrected chi connectivity index (χ2v) is 14.9. The molecule has 0 heteroatoms. The fraction of sp³-hybridized carbons (Fsp3) is 0.737. The van der Waals surface area contributed by atoms with Gasteiger partial charge in [0.05, 0.1) is 0 Å². The molecule has 3 fully saturated rings. The van der Waals surface area contributed by atoms with Crippen LogP contribution in [0.5, 0.6) is 0 Å². The van der Waals surface area contributed by atoms with Crippen LogP contribution >= 0.6 is 0 Å². The third kappa shape index (κ3) is 5.49. The van der Waals surface area contributed by atoms with Crippen LogP contribution in [0, 0.1) is 51.8 Å². The van der Waals surface area contributed by atoms with Crippen molar-refractivity contribution >= 4 is 0 Å². The van der Waals surface area contributed by atoms with E-state index < -0.39 is 0 Å². The Kier molecular flexibility index (Phi) is 9.42. The van der Waals surface area contributed by atoms with Crippen molar-refractivity contribution in [2.24, 2.45) is 51.8 Å². The van der Waals surface area contributed by atoms with E-state index in [2.05, 4.69) is 79.0 Å². The van der Waals surface area contributed by atoms with Crippen LogP contribution < -0.4 is 0 Å². The highest BCUT2D eigenvalue weighted by Gasteiger charge is 2.64. The number of fused-ring (bicyclic) bond motifs is 5. The first-order valence-electron chi connectivity index (χ1n) is 16.4. The molecule has 5 rings (SSSR count). The van der Waals surface area contributed by atoms with E-state index in [0.29, 0.717) is 22.2 Å². The number of hydrogen-bond donors (Lipinski definition) is 0. The molecule has 3 saturated carbocycles. The van der Waals surface area contributed by atoms with Gasteiger partial charge in [0, 0.05) is 0 Å². The summed E-state index contributed by atoms with van der Waals surface area (Å²) in [7, 11) is 0. The van der Waals surface area contributed by atoms with Gasteiger partial charge < -0.3 is 0 Å². The molecule has 212 valence electrons. The highest BCUT2D eigenvalue weighted by atomic mass is 14.7. The van der Waals surface area contributed by atoms with Gasteiger partial charge in [0.2, 0.25) is 0 Å². The van der Waals surface area contributed by atoms with Crippen molar-refractivity contribution in [3.05, 3.63) is 60.8 Å². The zero-order chi connectivity index (χ0) is 27.6. The lowest BCUT2D eigenvalue weighted by Crippen LogP contribution is -2.55. The summed E-state index contributed by atoms with van der Waals surface area (Å²) in [5.41, 5.74) is 5.12. The van der Waals surface area contributed by atoms with E-state index in [1.165, 1.54) is 77.0 Å². The Bertz CT molecular complexity index is 930. The second-order valence-electron chi connectivity index (χ2n) is 14.9. The van der Waals surface area contributed by atoms with Crippen molar-refractivity contribution in [3.63, 3.8) is 0 Å². The molecule has 9 unspecified atom stereocenters. The van der Waals surface area contributed by atoms with E-state index in [1.54, 1.807) is 5.57 Å². The monoisotopic (exact) mass is 516 g/mol. The predicted molar refractivity (Wildman–Crippen MR) is 168 cm³/mol. The standard InChI is InChI=1S/C27H40.C11H20/c1-19-12-15-25(2)21(18-19)10-11-24-23(25)14-17-26(3)22(13-16-27(24,26)4)20-8-6-5-7-9-20;1-5-7-11(4)9-8-10(3)6-2/h6,8-9,18-19,22-24H,5,7,10-17H2,1-4H3;5-6,10-11H,1-2,7-9H2,3-4H3. The quantitative estimate of drug-likeness (QED) is 0.295. The molecule has 0 bridgehead atoms. The zero-order valence-corrected chi connectivity index (χ0v) is 26.0. The summed E-state index contributed by atoms with van der Waals surface area (Å²) >= 11 is 0. The van der Waals surface area contributed by atoms with Gasteiger partial charge in [-0.15, -0.1) is 13.2 Å². The lowest BCUT2D eigenvalue weighted by atomic mass is 9.41. The fourth-order valence-corrected chi connectivity index (χ4v) is 9.80. The molecule has 5 aliphatic rings. The third-order valence-electron chi connectivity index (χ3n) is 12.7. The van der Waals surface area contributed by atoms with Gasteiger partial charge >= 0.3 is 0 Å². The van der Waals surface area contributed by atoms with Crippen LogP contribution in [0.25, 0.3) is 0 Å². The van der Waals surface area contributed by atoms with Gasteiger partial charge in [-0.25, -0.2) is 0 Å². The SMILES string of the molecule is C=CCC(C)CCC(C)C=C.CC1C=C2CCC3C(CCC4(C)C(C5=CCCC=C5)CCC34C)C2(C)CC1. The Morgan fingerprint density at radius 2 is 1.68 bits per heavy atom. The molecule has 0 spiro atoms. The molecule has 0 aliphatic heterocycles. The molecule has 0 amide bonds. The minimum Gasteiger partial charge on any atom is -0.103 e. The Hall–Kier alpha value is -1.30. The van der Waals surface area contributed by atoms with Crippen molar-refractivity contribution < 1.29 is 0 Å². The predicted octanol–water partition coefficient (Wildman–Crippen LogP) is 11.7. The largest absolute Gasteiger partial charge is 0.103 e. The minimum absolute atomic E-state index is 0.515. The summed E-state index contributed by atoms with van der Waals surface area (Å²) in [5, 5.41) is 0. The Labute approximate surface area is 237 Å². The number of hydrogen-bond acceptors (Lipinski definition) is 0. The first kappa shape index (κ1) is 29.7. The molecule has 0 radical (unpaired) electrons. The molecule has 0 heterocycles. The van der Waals surface area contributed by atoms with Crippen LogP contribution in [-0.2, 0) is 0 Å². The molecule has 9 atom stereocenters. The van der Waals surface area contributed by atoms with Crippen LogP contribution in [0.2, 0.25) is 0 Å². The van der Waals surface area contributed by atoms with Crippen molar-refractivity contribution in [2.75, 3.05) is 0 Å². The molecular formula is C38H60. The van der Waals surface area contributed by atoms with Crippen molar-refractivity contribution in [3.8, 4) is 0 Å². The maximum atomic E-state index is 3.76. The first-order valence-corrected chi connectivity index (χ1v) is 16.4. The zero-order valence-electron chi connectivity index (χ0n) is 26.0. The van der Waals surface area contributed by atoms with Crippen molar-refractivity contribution in [1.82, 2.24) is 0 Å². The normalized spacial score (nSPS) is 41.2. The van der Waals surface area contributed by atoms with E-state index >= 15 is 0 Å². The second kappa shape index (κ2) is 12.1. The third-order valence-corrected chi connectivity index (χ3v) is 12.7. The molecule has 0 aromatic heterocycles. The highest BCUT2D eigenvalue weighted by Crippen LogP contribution is 2.73. The van der Waals surface area contributed by atoms with E-state index in [4.69, 9.17) is 0 Å². The van der Waals surface area contributed by atoms with Crippen LogP contribution in [-0.4, -0.2) is 0 Å². The number of allylic oxidation sites excluding steroid dienone is 8. The average Bonchev–Trinajstić information content (AvgIpc) is 3.19. The Balaban J connectivity index is 0.000000261. The minimum atomic E-state index is 0.515. The van der Waals surface area contributed by atoms with Crippen LogP contribution in [0.15, 0.2) is 60.8 Å². The van der Waals surface area contributed by atoms with Gasteiger partial charge in [0.1, 0.15) is 0 Å². The molecule has 0 saturated heterocycles. The van der Waals surface area contributed by atoms with E-state index in [-0.39, 0.29) is 0 Å². The van der Waals surface area contributed by atoms with Crippen LogP contribution in [0.3, 0.4) is 0 Å². The summed E-state index contributed by atoms with van der Waals surface area (Å²) in [5.74, 6) is 4.98. The Morgan fingerprint density at radius 1 is 0.921 bits per heavy atom. The van der Waals surface area contributed by atoms with Gasteiger partial charge in [0.15, 0.2) is 0 Å². The fourth-order valence-electron chi connectivity index (χ4n) is 9.80. The Morgan fingerprint density at radius 3 is 2.37 bits per heavy atom. The summed E-state index contributed by atoms with van der Waals surface area (Å²) in [6.07, 6.45) is 32.0. The lowest BCUT2D eigenvalue weighted by molar-refractivity contribution is -0.108. The summed E-state index contributed by atoms with van der Waals surface area (Å²) in [4.78, 5) is 0. The van der Waals surface area contributed by atoms with Gasteiger partial charge in [-0.2, -0.15) is 0 Å². The molecule has 0 N–H and O–H groups in total. The molecule has 0 nitrogen and oxygen atoms in total. The summed E-state index contributed by atoms with van der Waals surface area (Å²) in [6.45, 7) is 22.5. The molecule has 38 heavy (non-hydrogen) atoms. The maximum Gasteiger partial charge on any atom is -0.00850 e. The average molecular weight is 517 g/mol. The highest BCUT2D eigenvalue weighted by molar-refractivity contribution is 5.32. The summed E-state index contributed by atoms with van der Waals surface area (Å²) < 4.78 is 0.